The summed E-state index contributed by atoms with van der Waals surface area (Å²) >= 11 is 1.35. The van der Waals surface area contributed by atoms with Crippen LogP contribution in [0.4, 0.5) is 0 Å². The minimum atomic E-state index is -3.97. The Hall–Kier alpha value is -3.20. The Morgan fingerprint density at radius 2 is 0.978 bits per heavy atom. The Bertz CT molecular complexity index is 1940. The number of rotatable bonds is 12. The van der Waals surface area contributed by atoms with E-state index in [9.17, 15) is 25.3 Å². The highest BCUT2D eigenvalue weighted by Gasteiger charge is 2.55. The SMILES string of the molecule is CCSc1nc(S(=O)(=O)CC)cc([C@H]2[C@@H](c3ccccc3)[C@H](c3cc(S(=O)(=O)CC)nc(S(=O)(=O)CC)n3)[C@@H]2c2ccccc2)n1. The van der Waals surface area contributed by atoms with Gasteiger partial charge in [0.15, 0.2) is 34.9 Å². The molecule has 2 aromatic heterocycles. The summed E-state index contributed by atoms with van der Waals surface area (Å²) in [6.45, 7) is 6.45. The van der Waals surface area contributed by atoms with Gasteiger partial charge in [-0.25, -0.2) is 45.2 Å². The van der Waals surface area contributed by atoms with Crippen LogP contribution in [-0.4, -0.2) is 68.2 Å². The fourth-order valence-corrected chi connectivity index (χ4v) is 9.01. The summed E-state index contributed by atoms with van der Waals surface area (Å²) in [5.41, 5.74) is 2.61. The molecule has 0 amide bonds. The average Bonchev–Trinajstić information content (AvgIpc) is 3.05. The Kier molecular flexibility index (Phi) is 10.0. The summed E-state index contributed by atoms with van der Waals surface area (Å²) in [5.74, 6) is -1.68. The zero-order valence-corrected chi connectivity index (χ0v) is 29.2. The lowest BCUT2D eigenvalue weighted by Gasteiger charge is -2.52. The predicted molar refractivity (Wildman–Crippen MR) is 177 cm³/mol. The summed E-state index contributed by atoms with van der Waals surface area (Å²) in [5, 5.41) is -0.563. The van der Waals surface area contributed by atoms with E-state index in [1.807, 2.05) is 67.6 Å². The Balaban J connectivity index is 1.82. The van der Waals surface area contributed by atoms with Crippen LogP contribution in [0, 0.1) is 0 Å². The fraction of sp³-hybridized carbons (Fsp3) is 0.375. The topological polar surface area (TPSA) is 154 Å². The third-order valence-corrected chi connectivity index (χ3v) is 13.8. The van der Waals surface area contributed by atoms with Gasteiger partial charge >= 0.3 is 0 Å². The van der Waals surface area contributed by atoms with Crippen LogP contribution in [0.5, 0.6) is 0 Å². The number of sulfone groups is 3. The maximum atomic E-state index is 13.1. The molecule has 4 aromatic rings. The van der Waals surface area contributed by atoms with Gasteiger partial charge in [0, 0.05) is 23.7 Å². The van der Waals surface area contributed by atoms with Gasteiger partial charge < -0.3 is 0 Å². The van der Waals surface area contributed by atoms with Crippen LogP contribution in [0.25, 0.3) is 0 Å². The summed E-state index contributed by atoms with van der Waals surface area (Å²) in [6.07, 6.45) is 0. The number of hydrogen-bond donors (Lipinski definition) is 0. The lowest BCUT2D eigenvalue weighted by molar-refractivity contribution is 0.217. The van der Waals surface area contributed by atoms with E-state index in [1.54, 1.807) is 13.0 Å². The molecule has 1 aliphatic carbocycles. The number of aromatic nitrogens is 4. The second-order valence-electron chi connectivity index (χ2n) is 10.9. The number of benzene rings is 2. The zero-order chi connectivity index (χ0) is 33.3. The van der Waals surface area contributed by atoms with Gasteiger partial charge in [0.05, 0.1) is 28.6 Å². The molecule has 0 N–H and O–H groups in total. The minimum Gasteiger partial charge on any atom is -0.227 e. The average molecular weight is 701 g/mol. The first kappa shape index (κ1) is 34.1. The molecule has 0 radical (unpaired) electrons. The molecule has 1 saturated carbocycles. The fourth-order valence-electron chi connectivity index (χ4n) is 5.92. The first-order valence-corrected chi connectivity index (χ1v) is 21.0. The molecule has 0 aliphatic heterocycles. The predicted octanol–water partition coefficient (Wildman–Crippen LogP) is 5.21. The maximum Gasteiger partial charge on any atom is 0.248 e. The maximum absolute atomic E-state index is 13.1. The van der Waals surface area contributed by atoms with Crippen LogP contribution in [0.15, 0.2) is 93.2 Å². The normalized spacial score (nSPS) is 20.3. The molecule has 5 rings (SSSR count). The van der Waals surface area contributed by atoms with Crippen LogP contribution in [-0.2, 0) is 29.5 Å². The molecule has 0 saturated heterocycles. The van der Waals surface area contributed by atoms with Gasteiger partial charge in [0.1, 0.15) is 0 Å². The first-order chi connectivity index (χ1) is 21.9. The second-order valence-corrected chi connectivity index (χ2v) is 18.7. The van der Waals surface area contributed by atoms with Crippen molar-refractivity contribution >= 4 is 41.3 Å². The van der Waals surface area contributed by atoms with Crippen LogP contribution < -0.4 is 0 Å². The summed E-state index contributed by atoms with van der Waals surface area (Å²) < 4.78 is 78.7. The molecule has 46 heavy (non-hydrogen) atoms. The van der Waals surface area contributed by atoms with Crippen molar-refractivity contribution in [2.45, 2.75) is 71.7 Å². The van der Waals surface area contributed by atoms with E-state index in [0.29, 0.717) is 16.6 Å². The molecular formula is C32H36N4O6S4. The van der Waals surface area contributed by atoms with E-state index in [2.05, 4.69) is 15.0 Å². The van der Waals surface area contributed by atoms with E-state index < -0.39 is 40.6 Å². The monoisotopic (exact) mass is 700 g/mol. The highest BCUT2D eigenvalue weighted by atomic mass is 32.2. The van der Waals surface area contributed by atoms with Crippen molar-refractivity contribution in [2.75, 3.05) is 23.0 Å². The van der Waals surface area contributed by atoms with Crippen molar-refractivity contribution < 1.29 is 25.3 Å². The third kappa shape index (κ3) is 6.62. The van der Waals surface area contributed by atoms with E-state index in [0.717, 1.165) is 11.1 Å². The van der Waals surface area contributed by atoms with Crippen molar-refractivity contribution in [1.82, 2.24) is 19.9 Å². The quantitative estimate of drug-likeness (QED) is 0.109. The molecule has 10 nitrogen and oxygen atoms in total. The first-order valence-electron chi connectivity index (χ1n) is 15.1. The minimum absolute atomic E-state index is 0.0484. The number of thioether (sulfide) groups is 1. The van der Waals surface area contributed by atoms with Crippen LogP contribution in [0.1, 0.15) is 73.9 Å². The van der Waals surface area contributed by atoms with Gasteiger partial charge in [-0.05, 0) is 29.0 Å². The standard InChI is InChI=1S/C32H36N4O6S4/c1-5-43-31-33-23(19-25(35-31)44(37,38)6-2)29-27(21-15-11-9-12-16-21)30(28(29)22-17-13-10-14-18-22)24-20-26(45(39,40)7-3)36-32(34-24)46(41,42)8-4/h9-20,27-30H,5-8H2,1-4H3/t27-,28-,29-,30-/m1/s1. The van der Waals surface area contributed by atoms with Gasteiger partial charge in [0.25, 0.3) is 0 Å². The molecule has 1 fully saturated rings. The van der Waals surface area contributed by atoms with Gasteiger partial charge in [-0.1, -0.05) is 100 Å². The van der Waals surface area contributed by atoms with E-state index in [4.69, 9.17) is 4.98 Å². The largest absolute Gasteiger partial charge is 0.248 e. The molecule has 0 spiro atoms. The Morgan fingerprint density at radius 1 is 0.543 bits per heavy atom. The summed E-state index contributed by atoms with van der Waals surface area (Å²) in [4.78, 5) is 17.8. The van der Waals surface area contributed by atoms with Gasteiger partial charge in [-0.2, -0.15) is 0 Å². The van der Waals surface area contributed by atoms with Gasteiger partial charge in [-0.15, -0.1) is 0 Å². The van der Waals surface area contributed by atoms with E-state index >= 15 is 0 Å². The molecule has 244 valence electrons. The van der Waals surface area contributed by atoms with Crippen molar-refractivity contribution in [1.29, 1.82) is 0 Å². The smallest absolute Gasteiger partial charge is 0.227 e. The molecular weight excluding hydrogens is 665 g/mol. The number of nitrogens with zero attached hydrogens (tertiary/aromatic N) is 4. The molecule has 0 bridgehead atoms. The van der Waals surface area contributed by atoms with Crippen LogP contribution in [0.3, 0.4) is 0 Å². The zero-order valence-electron chi connectivity index (χ0n) is 25.9. The summed E-state index contributed by atoms with van der Waals surface area (Å²) in [6, 6.07) is 22.1. The van der Waals surface area contributed by atoms with Crippen LogP contribution >= 0.6 is 11.8 Å². The van der Waals surface area contributed by atoms with Crippen molar-refractivity contribution in [3.63, 3.8) is 0 Å². The molecule has 2 atom stereocenters. The van der Waals surface area contributed by atoms with Crippen LogP contribution in [0.2, 0.25) is 0 Å². The van der Waals surface area contributed by atoms with E-state index in [1.165, 1.54) is 31.7 Å². The molecule has 1 aliphatic rings. The third-order valence-electron chi connectivity index (χ3n) is 8.33. The highest BCUT2D eigenvalue weighted by molar-refractivity contribution is 7.99. The highest BCUT2D eigenvalue weighted by Crippen LogP contribution is 2.66. The lowest BCUT2D eigenvalue weighted by atomic mass is 9.50. The molecule has 2 heterocycles. The Labute approximate surface area is 275 Å². The van der Waals surface area contributed by atoms with Gasteiger partial charge in [-0.3, -0.25) is 0 Å². The Morgan fingerprint density at radius 3 is 1.41 bits per heavy atom. The lowest BCUT2D eigenvalue weighted by Crippen LogP contribution is -2.41. The van der Waals surface area contributed by atoms with Crippen molar-refractivity contribution in [3.05, 3.63) is 95.3 Å². The summed E-state index contributed by atoms with van der Waals surface area (Å²) in [7, 11) is -11.6. The molecule has 0 unspecified atom stereocenters. The van der Waals surface area contributed by atoms with Crippen molar-refractivity contribution in [3.8, 4) is 0 Å². The molecule has 2 aromatic carbocycles. The van der Waals surface area contributed by atoms with Crippen molar-refractivity contribution in [2.24, 2.45) is 0 Å². The number of hydrogen-bond acceptors (Lipinski definition) is 11. The molecule has 14 heteroatoms. The van der Waals surface area contributed by atoms with E-state index in [-0.39, 0.29) is 50.8 Å². The second kappa shape index (κ2) is 13.5. The van der Waals surface area contributed by atoms with Gasteiger partial charge in [0.2, 0.25) is 15.0 Å².